The van der Waals surface area contributed by atoms with Crippen LogP contribution in [0.1, 0.15) is 90.9 Å². The van der Waals surface area contributed by atoms with Gasteiger partial charge in [-0.05, 0) is 13.3 Å². The Hall–Kier alpha value is -0.0600. The third-order valence-corrected chi connectivity index (χ3v) is 3.60. The molecule has 5 heteroatoms. The number of carbonyl (C=O) groups excluding carboxylic acids is 2. The molecule has 23 heavy (non-hydrogen) atoms. The van der Waals surface area contributed by atoms with Crippen molar-refractivity contribution in [1.29, 1.82) is 0 Å². The van der Waals surface area contributed by atoms with Crippen LogP contribution < -0.4 is 29.6 Å². The summed E-state index contributed by atoms with van der Waals surface area (Å²) >= 11 is 0. The van der Waals surface area contributed by atoms with Crippen molar-refractivity contribution in [3.8, 4) is 0 Å². The molecule has 0 saturated heterocycles. The normalized spacial score (nSPS) is 10.0. The van der Waals surface area contributed by atoms with Gasteiger partial charge in [0, 0.05) is 0 Å². The third-order valence-electron chi connectivity index (χ3n) is 3.60. The van der Waals surface area contributed by atoms with Gasteiger partial charge in [-0.2, -0.15) is 0 Å². The topological polar surface area (TPSA) is 52.6 Å². The molecular formula is C18H34NaO4+. The first-order chi connectivity index (χ1) is 10.7. The van der Waals surface area contributed by atoms with Crippen molar-refractivity contribution in [2.75, 3.05) is 13.2 Å². The van der Waals surface area contributed by atoms with Crippen LogP contribution in [0.2, 0.25) is 0 Å². The molecule has 0 aliphatic carbocycles. The Labute approximate surface area is 164 Å². The zero-order valence-corrected chi connectivity index (χ0v) is 17.5. The monoisotopic (exact) mass is 337 g/mol. The number of rotatable bonds is 15. The minimum Gasteiger partial charge on any atom is -0.466 e. The quantitative estimate of drug-likeness (QED) is 0.260. The van der Waals surface area contributed by atoms with Crippen LogP contribution in [0.15, 0.2) is 0 Å². The molecule has 0 fully saturated rings. The van der Waals surface area contributed by atoms with Gasteiger partial charge < -0.3 is 9.47 Å². The molecule has 0 spiro atoms. The fraction of sp³-hybridized carbons (Fsp3) is 0.889. The van der Waals surface area contributed by atoms with Gasteiger partial charge in [0.1, 0.15) is 0 Å². The van der Waals surface area contributed by atoms with Crippen LogP contribution in [0.4, 0.5) is 0 Å². The predicted octanol–water partition coefficient (Wildman–Crippen LogP) is 1.80. The van der Waals surface area contributed by atoms with Crippen LogP contribution in [-0.4, -0.2) is 25.2 Å². The van der Waals surface area contributed by atoms with Gasteiger partial charge in [0.15, 0.2) is 0 Å². The molecule has 0 heterocycles. The van der Waals surface area contributed by atoms with E-state index < -0.39 is 0 Å². The van der Waals surface area contributed by atoms with Gasteiger partial charge in [0.2, 0.25) is 0 Å². The number of esters is 2. The Bertz CT molecular complexity index is 282. The van der Waals surface area contributed by atoms with Gasteiger partial charge in [-0.1, -0.05) is 64.7 Å². The molecule has 0 N–H and O–H groups in total. The Morgan fingerprint density at radius 1 is 0.652 bits per heavy atom. The van der Waals surface area contributed by atoms with Crippen LogP contribution in [0, 0.1) is 0 Å². The minimum absolute atomic E-state index is 0. The van der Waals surface area contributed by atoms with E-state index in [2.05, 4.69) is 6.92 Å². The molecule has 0 aliphatic heterocycles. The van der Waals surface area contributed by atoms with Gasteiger partial charge in [-0.15, -0.1) is 0 Å². The fourth-order valence-corrected chi connectivity index (χ4v) is 2.28. The maximum Gasteiger partial charge on any atom is 1.00 e. The van der Waals surface area contributed by atoms with Gasteiger partial charge in [0.05, 0.1) is 26.1 Å². The molecule has 4 nitrogen and oxygen atoms in total. The zero-order chi connectivity index (χ0) is 16.5. The van der Waals surface area contributed by atoms with E-state index in [1.54, 1.807) is 6.92 Å². The van der Waals surface area contributed by atoms with E-state index in [0.717, 1.165) is 12.8 Å². The summed E-state index contributed by atoms with van der Waals surface area (Å²) in [5.74, 6) is -0.637. The zero-order valence-electron chi connectivity index (χ0n) is 15.5. The van der Waals surface area contributed by atoms with E-state index in [1.807, 2.05) is 0 Å². The summed E-state index contributed by atoms with van der Waals surface area (Å²) in [6.45, 7) is 4.82. The maximum atomic E-state index is 11.4. The molecule has 0 aromatic heterocycles. The first-order valence-corrected chi connectivity index (χ1v) is 9.02. The number of ether oxygens (including phenoxy) is 2. The maximum absolute atomic E-state index is 11.4. The molecule has 0 radical (unpaired) electrons. The number of hydrogen-bond donors (Lipinski definition) is 0. The Balaban J connectivity index is 0. The molecule has 0 aromatic carbocycles. The molecule has 130 valence electrons. The molecule has 0 saturated carbocycles. The summed E-state index contributed by atoms with van der Waals surface area (Å²) in [4.78, 5) is 22.5. The van der Waals surface area contributed by atoms with E-state index in [-0.39, 0.29) is 54.3 Å². The van der Waals surface area contributed by atoms with Crippen molar-refractivity contribution < 1.29 is 48.6 Å². The molecule has 0 aliphatic rings. The van der Waals surface area contributed by atoms with Crippen LogP contribution in [0.25, 0.3) is 0 Å². The van der Waals surface area contributed by atoms with E-state index in [0.29, 0.717) is 13.2 Å². The summed E-state index contributed by atoms with van der Waals surface area (Å²) in [7, 11) is 0. The number of hydrogen-bond acceptors (Lipinski definition) is 4. The van der Waals surface area contributed by atoms with Crippen LogP contribution >= 0.6 is 0 Å². The molecule has 0 aromatic rings. The first kappa shape index (κ1) is 25.2. The second-order valence-electron chi connectivity index (χ2n) is 5.71. The van der Waals surface area contributed by atoms with Crippen LogP contribution in [-0.2, 0) is 19.1 Å². The summed E-state index contributed by atoms with van der Waals surface area (Å²) < 4.78 is 9.85. The SMILES string of the molecule is CCCCCCCCCCCCOC(=O)CCC(=O)OCC.[Na+]. The van der Waals surface area contributed by atoms with Gasteiger partial charge in [-0.25, -0.2) is 0 Å². The second kappa shape index (κ2) is 20.0. The average Bonchev–Trinajstić information content (AvgIpc) is 2.51. The Morgan fingerprint density at radius 3 is 1.57 bits per heavy atom. The largest absolute Gasteiger partial charge is 1.00 e. The average molecular weight is 337 g/mol. The van der Waals surface area contributed by atoms with E-state index in [9.17, 15) is 9.59 Å². The Kier molecular flexibility index (Phi) is 21.9. The standard InChI is InChI=1S/C18H34O4.Na/c1-3-5-6-7-8-9-10-11-12-13-16-22-18(20)15-14-17(19)21-4-2;/h3-16H2,1-2H3;/q;+1. The smallest absolute Gasteiger partial charge is 0.466 e. The van der Waals surface area contributed by atoms with Crippen molar-refractivity contribution in [3.05, 3.63) is 0 Å². The van der Waals surface area contributed by atoms with E-state index >= 15 is 0 Å². The Morgan fingerprint density at radius 2 is 1.09 bits per heavy atom. The molecule has 0 rings (SSSR count). The van der Waals surface area contributed by atoms with E-state index in [1.165, 1.54) is 51.4 Å². The van der Waals surface area contributed by atoms with Gasteiger partial charge in [-0.3, -0.25) is 9.59 Å². The molecule has 0 amide bonds. The van der Waals surface area contributed by atoms with E-state index in [4.69, 9.17) is 9.47 Å². The van der Waals surface area contributed by atoms with Gasteiger partial charge >= 0.3 is 41.5 Å². The minimum atomic E-state index is -0.335. The van der Waals surface area contributed by atoms with Crippen molar-refractivity contribution in [1.82, 2.24) is 0 Å². The first-order valence-electron chi connectivity index (χ1n) is 9.02. The van der Waals surface area contributed by atoms with Crippen LogP contribution in [0.5, 0.6) is 0 Å². The summed E-state index contributed by atoms with van der Waals surface area (Å²) in [6.07, 6.45) is 12.8. The summed E-state index contributed by atoms with van der Waals surface area (Å²) in [5.41, 5.74) is 0. The third kappa shape index (κ3) is 19.9. The summed E-state index contributed by atoms with van der Waals surface area (Å²) in [5, 5.41) is 0. The molecule has 0 bridgehead atoms. The molecule has 0 unspecified atom stereocenters. The van der Waals surface area contributed by atoms with Crippen LogP contribution in [0.3, 0.4) is 0 Å². The van der Waals surface area contributed by atoms with Crippen molar-refractivity contribution in [3.63, 3.8) is 0 Å². The van der Waals surface area contributed by atoms with Crippen molar-refractivity contribution >= 4 is 11.9 Å². The molecular weight excluding hydrogens is 303 g/mol. The van der Waals surface area contributed by atoms with Crippen molar-refractivity contribution in [2.45, 2.75) is 90.9 Å². The number of carbonyl (C=O) groups is 2. The van der Waals surface area contributed by atoms with Gasteiger partial charge in [0.25, 0.3) is 0 Å². The fourth-order valence-electron chi connectivity index (χ4n) is 2.28. The number of unbranched alkanes of at least 4 members (excludes halogenated alkanes) is 9. The predicted molar refractivity (Wildman–Crippen MR) is 88.7 cm³/mol. The second-order valence-corrected chi connectivity index (χ2v) is 5.71. The summed E-state index contributed by atoms with van der Waals surface area (Å²) in [6, 6.07) is 0. The van der Waals surface area contributed by atoms with Crippen molar-refractivity contribution in [2.24, 2.45) is 0 Å². The molecule has 0 atom stereocenters.